The fraction of sp³-hybridized carbons (Fsp3) is 0.304. The molecule has 2 aromatic carbocycles. The highest BCUT2D eigenvalue weighted by atomic mass is 35.5. The molecule has 1 saturated heterocycles. The number of amides is 1. The summed E-state index contributed by atoms with van der Waals surface area (Å²) in [6.45, 7) is 2.50. The molecule has 164 valence electrons. The molecule has 0 spiro atoms. The maximum atomic E-state index is 13.3. The normalized spacial score (nSPS) is 15.7. The number of nitrogens with one attached hydrogen (secondary N) is 1. The molecule has 3 heterocycles. The molecule has 2 aliphatic heterocycles. The number of nitrogens with zero attached hydrogens (tertiary/aromatic N) is 4. The standard InChI is InChI=1S/C23H22ClN5O3/c24-17-5-3-4-15(12-17)22-18-14-28(11-8-19(18)25-26-22)23(30)16-6-7-20(21(13-16)29(31)32)27-9-1-2-10-27/h3-7,12-13H,1-2,8-11,14H2,(H,25,26). The van der Waals surface area contributed by atoms with Gasteiger partial charge in [-0.15, -0.1) is 0 Å². The van der Waals surface area contributed by atoms with Gasteiger partial charge in [-0.3, -0.25) is 20.0 Å². The first-order chi connectivity index (χ1) is 15.5. The van der Waals surface area contributed by atoms with Crippen LogP contribution >= 0.6 is 11.6 Å². The molecule has 1 N–H and O–H groups in total. The minimum atomic E-state index is -0.397. The fourth-order valence-electron chi connectivity index (χ4n) is 4.55. The number of fused-ring (bicyclic) bond motifs is 1. The number of H-pyrrole nitrogens is 1. The summed E-state index contributed by atoms with van der Waals surface area (Å²) in [6, 6.07) is 12.3. The number of hydrogen-bond donors (Lipinski definition) is 1. The molecule has 3 aromatic rings. The van der Waals surface area contributed by atoms with Crippen molar-refractivity contribution >= 4 is 28.9 Å². The highest BCUT2D eigenvalue weighted by Gasteiger charge is 2.29. The van der Waals surface area contributed by atoms with Crippen LogP contribution in [0.2, 0.25) is 5.02 Å². The summed E-state index contributed by atoms with van der Waals surface area (Å²) in [5.41, 5.74) is 4.51. The smallest absolute Gasteiger partial charge is 0.293 e. The molecular weight excluding hydrogens is 430 g/mol. The maximum Gasteiger partial charge on any atom is 0.293 e. The van der Waals surface area contributed by atoms with Gasteiger partial charge in [-0.2, -0.15) is 5.10 Å². The van der Waals surface area contributed by atoms with E-state index < -0.39 is 4.92 Å². The molecule has 1 fully saturated rings. The minimum absolute atomic E-state index is 0.0154. The van der Waals surface area contributed by atoms with Gasteiger partial charge in [0.05, 0.1) is 10.6 Å². The lowest BCUT2D eigenvalue weighted by molar-refractivity contribution is -0.384. The van der Waals surface area contributed by atoms with Crippen LogP contribution < -0.4 is 4.90 Å². The Kier molecular flexibility index (Phi) is 5.30. The van der Waals surface area contributed by atoms with E-state index in [-0.39, 0.29) is 11.6 Å². The zero-order valence-corrected chi connectivity index (χ0v) is 18.1. The lowest BCUT2D eigenvalue weighted by atomic mass is 10.00. The Morgan fingerprint density at radius 2 is 1.94 bits per heavy atom. The number of hydrogen-bond acceptors (Lipinski definition) is 5. The molecule has 0 bridgehead atoms. The van der Waals surface area contributed by atoms with Crippen molar-refractivity contribution in [3.05, 3.63) is 74.4 Å². The Labute approximate surface area is 189 Å². The van der Waals surface area contributed by atoms with E-state index in [1.54, 1.807) is 23.1 Å². The topological polar surface area (TPSA) is 95.4 Å². The molecule has 1 aromatic heterocycles. The first-order valence-corrected chi connectivity index (χ1v) is 11.0. The van der Waals surface area contributed by atoms with E-state index in [1.165, 1.54) is 6.07 Å². The molecule has 8 nitrogen and oxygen atoms in total. The van der Waals surface area contributed by atoms with Crippen molar-refractivity contribution in [1.29, 1.82) is 0 Å². The van der Waals surface area contributed by atoms with Gasteiger partial charge in [0.2, 0.25) is 0 Å². The number of anilines is 1. The third kappa shape index (κ3) is 3.71. The molecule has 0 aliphatic carbocycles. The van der Waals surface area contributed by atoms with Gasteiger partial charge in [0.1, 0.15) is 5.69 Å². The zero-order valence-electron chi connectivity index (χ0n) is 17.4. The lowest BCUT2D eigenvalue weighted by Crippen LogP contribution is -2.36. The second-order valence-corrected chi connectivity index (χ2v) is 8.61. The van der Waals surface area contributed by atoms with Gasteiger partial charge in [-0.05, 0) is 37.1 Å². The maximum absolute atomic E-state index is 13.3. The summed E-state index contributed by atoms with van der Waals surface area (Å²) in [6.07, 6.45) is 2.68. The van der Waals surface area contributed by atoms with Crippen LogP contribution in [0.5, 0.6) is 0 Å². The number of benzene rings is 2. The summed E-state index contributed by atoms with van der Waals surface area (Å²) in [7, 11) is 0. The summed E-state index contributed by atoms with van der Waals surface area (Å²) in [5.74, 6) is -0.218. The van der Waals surface area contributed by atoms with Gasteiger partial charge in [0.15, 0.2) is 0 Å². The third-order valence-corrected chi connectivity index (χ3v) is 6.42. The minimum Gasteiger partial charge on any atom is -0.366 e. The van der Waals surface area contributed by atoms with Crippen LogP contribution in [0.15, 0.2) is 42.5 Å². The highest BCUT2D eigenvalue weighted by molar-refractivity contribution is 6.30. The molecular formula is C23H22ClN5O3. The van der Waals surface area contributed by atoms with Crippen LogP contribution in [-0.4, -0.2) is 45.6 Å². The number of aromatic nitrogens is 2. The molecule has 0 saturated carbocycles. The monoisotopic (exact) mass is 451 g/mol. The van der Waals surface area contributed by atoms with E-state index in [4.69, 9.17) is 11.6 Å². The number of nitro groups is 1. The number of rotatable bonds is 4. The first-order valence-electron chi connectivity index (χ1n) is 10.7. The molecule has 0 atom stereocenters. The predicted octanol–water partition coefficient (Wildman–Crippen LogP) is 4.44. The molecule has 2 aliphatic rings. The quantitative estimate of drug-likeness (QED) is 0.467. The number of carbonyl (C=O) groups excluding carboxylic acids is 1. The number of nitro benzene ring substituents is 1. The Hall–Kier alpha value is -3.39. The van der Waals surface area contributed by atoms with E-state index in [0.717, 1.165) is 48.4 Å². The predicted molar refractivity (Wildman–Crippen MR) is 122 cm³/mol. The van der Waals surface area contributed by atoms with Crippen molar-refractivity contribution in [1.82, 2.24) is 15.1 Å². The van der Waals surface area contributed by atoms with Crippen molar-refractivity contribution in [2.45, 2.75) is 25.8 Å². The number of carbonyl (C=O) groups is 1. The van der Waals surface area contributed by atoms with Gasteiger partial charge in [0, 0.05) is 66.1 Å². The molecule has 0 radical (unpaired) electrons. The van der Waals surface area contributed by atoms with E-state index in [2.05, 4.69) is 10.2 Å². The molecule has 0 unspecified atom stereocenters. The van der Waals surface area contributed by atoms with E-state index >= 15 is 0 Å². The highest BCUT2D eigenvalue weighted by Crippen LogP contribution is 2.34. The Morgan fingerprint density at radius 1 is 1.12 bits per heavy atom. The average molecular weight is 452 g/mol. The lowest BCUT2D eigenvalue weighted by Gasteiger charge is -2.27. The van der Waals surface area contributed by atoms with Gasteiger partial charge in [-0.25, -0.2) is 0 Å². The molecule has 1 amide bonds. The van der Waals surface area contributed by atoms with Crippen LogP contribution in [0.3, 0.4) is 0 Å². The third-order valence-electron chi connectivity index (χ3n) is 6.18. The van der Waals surface area contributed by atoms with Gasteiger partial charge in [0.25, 0.3) is 11.6 Å². The van der Waals surface area contributed by atoms with Crippen LogP contribution in [0.1, 0.15) is 34.5 Å². The van der Waals surface area contributed by atoms with Crippen molar-refractivity contribution in [2.75, 3.05) is 24.5 Å². The second kappa shape index (κ2) is 8.27. The van der Waals surface area contributed by atoms with E-state index in [0.29, 0.717) is 35.8 Å². The second-order valence-electron chi connectivity index (χ2n) is 8.17. The SMILES string of the molecule is O=C(c1ccc(N2CCCC2)c([N+](=O)[O-])c1)N1CCc2[nH]nc(-c3cccc(Cl)c3)c2C1. The first kappa shape index (κ1) is 20.5. The number of aromatic amines is 1. The van der Waals surface area contributed by atoms with Crippen molar-refractivity contribution in [2.24, 2.45) is 0 Å². The summed E-state index contributed by atoms with van der Waals surface area (Å²) >= 11 is 6.14. The van der Waals surface area contributed by atoms with Gasteiger partial charge in [-0.1, -0.05) is 23.7 Å². The average Bonchev–Trinajstić information content (AvgIpc) is 3.48. The van der Waals surface area contributed by atoms with Crippen LogP contribution in [-0.2, 0) is 13.0 Å². The van der Waals surface area contributed by atoms with Crippen LogP contribution in [0, 0.1) is 10.1 Å². The van der Waals surface area contributed by atoms with E-state index in [9.17, 15) is 14.9 Å². The summed E-state index contributed by atoms with van der Waals surface area (Å²) < 4.78 is 0. The Bertz CT molecular complexity index is 1200. The Balaban J connectivity index is 1.42. The fourth-order valence-corrected chi connectivity index (χ4v) is 4.74. The van der Waals surface area contributed by atoms with Crippen molar-refractivity contribution < 1.29 is 9.72 Å². The largest absolute Gasteiger partial charge is 0.366 e. The summed E-state index contributed by atoms with van der Waals surface area (Å²) in [5, 5.41) is 19.9. The van der Waals surface area contributed by atoms with Crippen molar-refractivity contribution in [3.63, 3.8) is 0 Å². The van der Waals surface area contributed by atoms with E-state index in [1.807, 2.05) is 23.1 Å². The van der Waals surface area contributed by atoms with Crippen LogP contribution in [0.25, 0.3) is 11.3 Å². The van der Waals surface area contributed by atoms with Crippen LogP contribution in [0.4, 0.5) is 11.4 Å². The number of halogens is 1. The van der Waals surface area contributed by atoms with Gasteiger partial charge < -0.3 is 9.80 Å². The molecule has 32 heavy (non-hydrogen) atoms. The Morgan fingerprint density at radius 3 is 2.69 bits per heavy atom. The zero-order chi connectivity index (χ0) is 22.2. The van der Waals surface area contributed by atoms with Crippen molar-refractivity contribution in [3.8, 4) is 11.3 Å². The molecule has 9 heteroatoms. The van der Waals surface area contributed by atoms with Gasteiger partial charge >= 0.3 is 0 Å². The molecule has 5 rings (SSSR count). The summed E-state index contributed by atoms with van der Waals surface area (Å²) in [4.78, 5) is 28.3.